The van der Waals surface area contributed by atoms with Crippen molar-refractivity contribution in [3.05, 3.63) is 22.7 Å². The Labute approximate surface area is 188 Å². The topological polar surface area (TPSA) is 104 Å². The van der Waals surface area contributed by atoms with Gasteiger partial charge in [-0.25, -0.2) is 8.42 Å². The van der Waals surface area contributed by atoms with Gasteiger partial charge in [-0.1, -0.05) is 24.9 Å². The number of carbonyl (C=O) groups excluding carboxylic acids is 1. The number of hydrogen-bond acceptors (Lipinski definition) is 6. The van der Waals surface area contributed by atoms with Crippen molar-refractivity contribution in [2.24, 2.45) is 4.40 Å². The summed E-state index contributed by atoms with van der Waals surface area (Å²) in [5.74, 6) is 0.0341. The molecule has 0 unspecified atom stereocenters. The summed E-state index contributed by atoms with van der Waals surface area (Å²) in [6.07, 6.45) is 4.38. The molecule has 3 aliphatic rings. The van der Waals surface area contributed by atoms with Crippen molar-refractivity contribution in [1.29, 1.82) is 0 Å². The van der Waals surface area contributed by atoms with E-state index in [0.717, 1.165) is 19.3 Å². The van der Waals surface area contributed by atoms with Gasteiger partial charge in [-0.05, 0) is 37.8 Å². The van der Waals surface area contributed by atoms with Crippen molar-refractivity contribution in [3.63, 3.8) is 0 Å². The summed E-state index contributed by atoms with van der Waals surface area (Å²) in [5, 5.41) is 0.159. The summed E-state index contributed by atoms with van der Waals surface area (Å²) < 4.78 is 53.7. The second-order valence-corrected chi connectivity index (χ2v) is 12.5. The molecule has 8 nitrogen and oxygen atoms in total. The summed E-state index contributed by atoms with van der Waals surface area (Å²) in [7, 11) is -7.14. The van der Waals surface area contributed by atoms with Crippen LogP contribution in [0.5, 0.6) is 0 Å². The van der Waals surface area contributed by atoms with Crippen molar-refractivity contribution >= 4 is 48.9 Å². The number of halogens is 1. The van der Waals surface area contributed by atoms with Gasteiger partial charge in [0.2, 0.25) is 0 Å². The van der Waals surface area contributed by atoms with Crippen LogP contribution >= 0.6 is 11.6 Å². The number of benzene rings is 1. The van der Waals surface area contributed by atoms with Crippen molar-refractivity contribution in [1.82, 2.24) is 4.90 Å². The third-order valence-electron chi connectivity index (χ3n) is 6.04. The summed E-state index contributed by atoms with van der Waals surface area (Å²) in [6, 6.07) is 2.42. The third kappa shape index (κ3) is 4.34. The normalized spacial score (nSPS) is 24.0. The van der Waals surface area contributed by atoms with Gasteiger partial charge in [0, 0.05) is 25.6 Å². The first kappa shape index (κ1) is 22.5. The average Bonchev–Trinajstić information content (AvgIpc) is 2.90. The minimum absolute atomic E-state index is 0.0265. The SMILES string of the molecule is CCCN(C(=O)c1cc2c(cc1Cl)N1CCCCCC1=NS2(=O)=O)[C@@H]1CCS(=O)(=O)C1. The highest BCUT2D eigenvalue weighted by Crippen LogP contribution is 2.38. The van der Waals surface area contributed by atoms with Crippen molar-refractivity contribution in [2.45, 2.75) is 56.4 Å². The number of nitrogens with zero attached hydrogens (tertiary/aromatic N) is 3. The number of anilines is 1. The number of rotatable bonds is 4. The molecule has 3 aliphatic heterocycles. The molecule has 0 saturated carbocycles. The third-order valence-corrected chi connectivity index (χ3v) is 9.44. The molecule has 31 heavy (non-hydrogen) atoms. The minimum atomic E-state index is -3.96. The Bertz CT molecular complexity index is 1150. The lowest BCUT2D eigenvalue weighted by Crippen LogP contribution is -2.42. The summed E-state index contributed by atoms with van der Waals surface area (Å²) in [5.41, 5.74) is 0.522. The van der Waals surface area contributed by atoms with Gasteiger partial charge in [0.05, 0.1) is 27.8 Å². The lowest BCUT2D eigenvalue weighted by atomic mass is 10.1. The lowest BCUT2D eigenvalue weighted by molar-refractivity contribution is 0.0697. The van der Waals surface area contributed by atoms with Crippen LogP contribution in [0.4, 0.5) is 5.69 Å². The maximum absolute atomic E-state index is 13.4. The molecular weight excluding hydrogens is 462 g/mol. The van der Waals surface area contributed by atoms with Gasteiger partial charge in [-0.15, -0.1) is 4.40 Å². The zero-order valence-corrected chi connectivity index (χ0v) is 19.8. The molecule has 0 radical (unpaired) electrons. The Balaban J connectivity index is 1.75. The largest absolute Gasteiger partial charge is 0.335 e. The number of hydrogen-bond donors (Lipinski definition) is 0. The van der Waals surface area contributed by atoms with Crippen LogP contribution < -0.4 is 4.90 Å². The number of carbonyl (C=O) groups is 1. The standard InChI is InChI=1S/C20H26ClN3O5S2/c1-2-8-23(14-7-10-30(26,27)13-14)20(25)15-11-18-17(12-16(15)21)24-9-5-3-4-6-19(24)22-31(18,28)29/h11-12,14H,2-10,13H2,1H3/t14-/m1/s1. The molecule has 1 amide bonds. The molecule has 0 aliphatic carbocycles. The van der Waals surface area contributed by atoms with E-state index in [4.69, 9.17) is 11.6 Å². The molecule has 0 N–H and O–H groups in total. The van der Waals surface area contributed by atoms with Gasteiger partial charge in [0.25, 0.3) is 15.9 Å². The van der Waals surface area contributed by atoms with Crippen LogP contribution in [-0.2, 0) is 19.9 Å². The van der Waals surface area contributed by atoms with Crippen LogP contribution in [0.2, 0.25) is 5.02 Å². The highest BCUT2D eigenvalue weighted by molar-refractivity contribution is 7.91. The van der Waals surface area contributed by atoms with Crippen LogP contribution in [0, 0.1) is 0 Å². The molecule has 1 aromatic rings. The zero-order valence-electron chi connectivity index (χ0n) is 17.4. The Kier molecular flexibility index (Phi) is 6.08. The van der Waals surface area contributed by atoms with E-state index in [1.807, 2.05) is 11.8 Å². The lowest BCUT2D eigenvalue weighted by Gasteiger charge is -2.31. The van der Waals surface area contributed by atoms with Gasteiger partial charge in [-0.2, -0.15) is 8.42 Å². The Morgan fingerprint density at radius 3 is 2.68 bits per heavy atom. The molecule has 4 rings (SSSR count). The first-order valence-corrected chi connectivity index (χ1v) is 14.2. The maximum atomic E-state index is 13.4. The molecule has 170 valence electrons. The second-order valence-electron chi connectivity index (χ2n) is 8.30. The van der Waals surface area contributed by atoms with Crippen LogP contribution in [0.15, 0.2) is 21.4 Å². The molecule has 11 heteroatoms. The summed E-state index contributed by atoms with van der Waals surface area (Å²) in [6.45, 7) is 2.92. The number of amides is 1. The average molecular weight is 488 g/mol. The van der Waals surface area contributed by atoms with E-state index in [9.17, 15) is 21.6 Å². The molecule has 2 saturated heterocycles. The van der Waals surface area contributed by atoms with Gasteiger partial charge < -0.3 is 9.80 Å². The molecule has 3 heterocycles. The number of sulfone groups is 1. The van der Waals surface area contributed by atoms with Crippen molar-refractivity contribution in [3.8, 4) is 0 Å². The fourth-order valence-corrected chi connectivity index (χ4v) is 7.76. The first-order chi connectivity index (χ1) is 14.6. The fourth-order valence-electron chi connectivity index (χ4n) is 4.53. The minimum Gasteiger partial charge on any atom is -0.335 e. The maximum Gasteiger partial charge on any atom is 0.286 e. The van der Waals surface area contributed by atoms with E-state index in [0.29, 0.717) is 43.9 Å². The van der Waals surface area contributed by atoms with Crippen molar-refractivity contribution < 1.29 is 21.6 Å². The molecule has 2 fully saturated rings. The molecule has 0 bridgehead atoms. The zero-order chi connectivity index (χ0) is 22.4. The Morgan fingerprint density at radius 2 is 2.00 bits per heavy atom. The van der Waals surface area contributed by atoms with Gasteiger partial charge in [0.1, 0.15) is 10.7 Å². The first-order valence-electron chi connectivity index (χ1n) is 10.6. The molecule has 1 atom stereocenters. The van der Waals surface area contributed by atoms with Crippen molar-refractivity contribution in [2.75, 3.05) is 29.5 Å². The van der Waals surface area contributed by atoms with E-state index in [-0.39, 0.29) is 27.0 Å². The predicted octanol–water partition coefficient (Wildman–Crippen LogP) is 2.86. The smallest absolute Gasteiger partial charge is 0.286 e. The quantitative estimate of drug-likeness (QED) is 0.646. The highest BCUT2D eigenvalue weighted by atomic mass is 35.5. The van der Waals surface area contributed by atoms with E-state index >= 15 is 0 Å². The highest BCUT2D eigenvalue weighted by Gasteiger charge is 2.37. The number of sulfonamides is 1. The summed E-state index contributed by atoms with van der Waals surface area (Å²) in [4.78, 5) is 16.8. The van der Waals surface area contributed by atoms with Crippen LogP contribution in [0.1, 0.15) is 55.8 Å². The van der Waals surface area contributed by atoms with E-state index in [1.54, 1.807) is 0 Å². The number of fused-ring (bicyclic) bond motifs is 3. The summed E-state index contributed by atoms with van der Waals surface area (Å²) >= 11 is 6.50. The Hall–Kier alpha value is -1.65. The van der Waals surface area contributed by atoms with E-state index < -0.39 is 31.8 Å². The monoisotopic (exact) mass is 487 g/mol. The fraction of sp³-hybridized carbons (Fsp3) is 0.600. The Morgan fingerprint density at radius 1 is 1.23 bits per heavy atom. The molecular formula is C20H26ClN3O5S2. The van der Waals surface area contributed by atoms with E-state index in [1.165, 1.54) is 17.0 Å². The molecule has 1 aromatic carbocycles. The second kappa shape index (κ2) is 8.37. The van der Waals surface area contributed by atoms with Gasteiger partial charge in [0.15, 0.2) is 9.84 Å². The molecule has 0 aromatic heterocycles. The molecule has 0 spiro atoms. The van der Waals surface area contributed by atoms with Crippen LogP contribution in [-0.4, -0.2) is 64.1 Å². The van der Waals surface area contributed by atoms with Gasteiger partial charge in [-0.3, -0.25) is 4.79 Å². The van der Waals surface area contributed by atoms with E-state index in [2.05, 4.69) is 4.40 Å². The van der Waals surface area contributed by atoms with Crippen LogP contribution in [0.3, 0.4) is 0 Å². The predicted molar refractivity (Wildman–Crippen MR) is 120 cm³/mol. The van der Waals surface area contributed by atoms with Crippen LogP contribution in [0.25, 0.3) is 0 Å². The van der Waals surface area contributed by atoms with Gasteiger partial charge >= 0.3 is 0 Å². The number of amidine groups is 1.